The second kappa shape index (κ2) is 18.7. The molecule has 0 aliphatic heterocycles. The molecule has 0 bridgehead atoms. The van der Waals surface area contributed by atoms with E-state index in [1.54, 1.807) is 0 Å². The molecule has 0 radical (unpaired) electrons. The van der Waals surface area contributed by atoms with Gasteiger partial charge in [-0.3, -0.25) is 4.79 Å². The van der Waals surface area contributed by atoms with E-state index in [1.807, 2.05) is 13.8 Å². The van der Waals surface area contributed by atoms with Crippen LogP contribution in [-0.2, 0) is 4.79 Å². The Labute approximate surface area is 149 Å². The molecule has 0 rings (SSSR count). The van der Waals surface area contributed by atoms with Crippen molar-refractivity contribution < 1.29 is 20.1 Å². The van der Waals surface area contributed by atoms with Crippen molar-refractivity contribution in [3.05, 3.63) is 0 Å². The van der Waals surface area contributed by atoms with Gasteiger partial charge in [0.2, 0.25) is 0 Å². The van der Waals surface area contributed by atoms with Crippen molar-refractivity contribution in [1.29, 1.82) is 0 Å². The first-order valence-electron chi connectivity index (χ1n) is 9.88. The van der Waals surface area contributed by atoms with E-state index in [4.69, 9.17) is 15.3 Å². The number of unbranched alkanes of at least 4 members (excludes halogenated alkanes) is 9. The number of hydrogen-bond acceptors (Lipinski definition) is 3. The molecule has 0 fully saturated rings. The molecule has 146 valence electrons. The van der Waals surface area contributed by atoms with Gasteiger partial charge in [0.1, 0.15) is 0 Å². The number of hydrogen-bond donors (Lipinski definition) is 3. The van der Waals surface area contributed by atoms with Gasteiger partial charge in [-0.05, 0) is 19.3 Å². The van der Waals surface area contributed by atoms with Crippen LogP contribution < -0.4 is 0 Å². The molecule has 24 heavy (non-hydrogen) atoms. The van der Waals surface area contributed by atoms with Gasteiger partial charge in [0.15, 0.2) is 0 Å². The van der Waals surface area contributed by atoms with E-state index in [1.165, 1.54) is 64.7 Å². The summed E-state index contributed by atoms with van der Waals surface area (Å²) >= 11 is 0. The quantitative estimate of drug-likeness (QED) is 0.386. The first kappa shape index (κ1) is 25.6. The van der Waals surface area contributed by atoms with Gasteiger partial charge < -0.3 is 15.3 Å². The second-order valence-corrected chi connectivity index (χ2v) is 7.19. The smallest absolute Gasteiger partial charge is 0.306 e. The number of carbonyl (C=O) groups is 1. The number of aliphatic carboxylic acids is 1. The van der Waals surface area contributed by atoms with Crippen LogP contribution in [0.3, 0.4) is 0 Å². The Hall–Kier alpha value is -0.610. The zero-order valence-electron chi connectivity index (χ0n) is 16.5. The van der Waals surface area contributed by atoms with Crippen LogP contribution in [0.5, 0.6) is 0 Å². The highest BCUT2D eigenvalue weighted by Crippen LogP contribution is 2.20. The molecule has 0 aromatic carbocycles. The van der Waals surface area contributed by atoms with Crippen molar-refractivity contribution in [2.45, 2.75) is 104 Å². The Bertz CT molecular complexity index is 264. The average molecular weight is 347 g/mol. The summed E-state index contributed by atoms with van der Waals surface area (Å²) in [4.78, 5) is 11.0. The Balaban J connectivity index is 0. The summed E-state index contributed by atoms with van der Waals surface area (Å²) in [6.45, 7) is 7.66. The molecule has 0 heterocycles. The minimum absolute atomic E-state index is 0.139. The average Bonchev–Trinajstić information content (AvgIpc) is 2.52. The van der Waals surface area contributed by atoms with Gasteiger partial charge in [-0.15, -0.1) is 0 Å². The summed E-state index contributed by atoms with van der Waals surface area (Å²) in [5.74, 6) is -0.504. The van der Waals surface area contributed by atoms with Crippen LogP contribution in [0.4, 0.5) is 0 Å². The van der Waals surface area contributed by atoms with Gasteiger partial charge >= 0.3 is 5.97 Å². The van der Waals surface area contributed by atoms with Crippen LogP contribution in [0.15, 0.2) is 0 Å². The van der Waals surface area contributed by atoms with Crippen molar-refractivity contribution in [2.24, 2.45) is 11.8 Å². The SMILES string of the molecule is CC(O)CO.CCCCCCCCCCCCC(C(=O)O)C(C)C. The summed E-state index contributed by atoms with van der Waals surface area (Å²) in [5, 5.41) is 25.1. The van der Waals surface area contributed by atoms with Crippen molar-refractivity contribution in [2.75, 3.05) is 6.61 Å². The Morgan fingerprint density at radius 1 is 0.833 bits per heavy atom. The Morgan fingerprint density at radius 2 is 1.21 bits per heavy atom. The first-order valence-corrected chi connectivity index (χ1v) is 9.88. The van der Waals surface area contributed by atoms with E-state index < -0.39 is 12.1 Å². The van der Waals surface area contributed by atoms with E-state index in [0.717, 1.165) is 12.8 Å². The van der Waals surface area contributed by atoms with Crippen LogP contribution in [0.1, 0.15) is 98.3 Å². The van der Waals surface area contributed by atoms with Crippen LogP contribution in [0.25, 0.3) is 0 Å². The third-order valence-corrected chi connectivity index (χ3v) is 4.25. The molecule has 0 saturated heterocycles. The fourth-order valence-corrected chi connectivity index (χ4v) is 2.59. The monoisotopic (exact) mass is 346 g/mol. The van der Waals surface area contributed by atoms with E-state index in [0.29, 0.717) is 0 Å². The largest absolute Gasteiger partial charge is 0.481 e. The normalized spacial score (nSPS) is 13.3. The number of carboxylic acids is 1. The molecule has 4 nitrogen and oxygen atoms in total. The van der Waals surface area contributed by atoms with Gasteiger partial charge in [0, 0.05) is 0 Å². The fourth-order valence-electron chi connectivity index (χ4n) is 2.59. The zero-order chi connectivity index (χ0) is 18.8. The van der Waals surface area contributed by atoms with Crippen LogP contribution >= 0.6 is 0 Å². The number of carboxylic acid groups (broad SMARTS) is 1. The fraction of sp³-hybridized carbons (Fsp3) is 0.950. The summed E-state index contributed by atoms with van der Waals surface area (Å²) in [6.07, 6.45) is 13.4. The highest BCUT2D eigenvalue weighted by molar-refractivity contribution is 5.70. The van der Waals surface area contributed by atoms with Crippen LogP contribution in [-0.4, -0.2) is 34.0 Å². The summed E-state index contributed by atoms with van der Waals surface area (Å²) in [7, 11) is 0. The zero-order valence-corrected chi connectivity index (χ0v) is 16.5. The van der Waals surface area contributed by atoms with Crippen molar-refractivity contribution in [3.63, 3.8) is 0 Å². The third kappa shape index (κ3) is 19.4. The van der Waals surface area contributed by atoms with Gasteiger partial charge in [0.05, 0.1) is 18.6 Å². The first-order chi connectivity index (χ1) is 11.4. The van der Waals surface area contributed by atoms with E-state index >= 15 is 0 Å². The second-order valence-electron chi connectivity index (χ2n) is 7.19. The van der Waals surface area contributed by atoms with Gasteiger partial charge in [-0.25, -0.2) is 0 Å². The minimum atomic E-state index is -0.620. The maximum atomic E-state index is 11.0. The maximum Gasteiger partial charge on any atom is 0.306 e. The minimum Gasteiger partial charge on any atom is -0.481 e. The van der Waals surface area contributed by atoms with Crippen LogP contribution in [0, 0.1) is 11.8 Å². The molecule has 0 spiro atoms. The lowest BCUT2D eigenvalue weighted by atomic mass is 9.90. The lowest BCUT2D eigenvalue weighted by molar-refractivity contribution is -0.143. The van der Waals surface area contributed by atoms with Gasteiger partial charge in [-0.2, -0.15) is 0 Å². The Morgan fingerprint density at radius 3 is 1.50 bits per heavy atom. The molecule has 3 N–H and O–H groups in total. The van der Waals surface area contributed by atoms with Crippen molar-refractivity contribution in [3.8, 4) is 0 Å². The maximum absolute atomic E-state index is 11.0. The molecule has 2 unspecified atom stereocenters. The van der Waals surface area contributed by atoms with Gasteiger partial charge in [0.25, 0.3) is 0 Å². The number of rotatable bonds is 14. The van der Waals surface area contributed by atoms with Gasteiger partial charge in [-0.1, -0.05) is 85.0 Å². The summed E-state index contributed by atoms with van der Waals surface area (Å²) < 4.78 is 0. The predicted octanol–water partition coefficient (Wildman–Crippen LogP) is 5.01. The predicted molar refractivity (Wildman–Crippen MR) is 101 cm³/mol. The summed E-state index contributed by atoms with van der Waals surface area (Å²) in [5.41, 5.74) is 0. The topological polar surface area (TPSA) is 77.8 Å². The number of aliphatic hydroxyl groups excluding tert-OH is 2. The lowest BCUT2D eigenvalue weighted by Crippen LogP contribution is -2.19. The molecule has 2 atom stereocenters. The molecule has 0 amide bonds. The highest BCUT2D eigenvalue weighted by Gasteiger charge is 2.20. The van der Waals surface area contributed by atoms with Crippen molar-refractivity contribution >= 4 is 5.97 Å². The molecule has 0 aromatic rings. The molecule has 0 aliphatic carbocycles. The molecular formula is C20H42O4. The third-order valence-electron chi connectivity index (χ3n) is 4.25. The van der Waals surface area contributed by atoms with Crippen molar-refractivity contribution in [1.82, 2.24) is 0 Å². The van der Waals surface area contributed by atoms with Crippen LogP contribution in [0.2, 0.25) is 0 Å². The van der Waals surface area contributed by atoms with E-state index in [9.17, 15) is 4.79 Å². The molecule has 0 saturated carbocycles. The number of aliphatic hydroxyl groups is 2. The van der Waals surface area contributed by atoms with E-state index in [-0.39, 0.29) is 18.4 Å². The standard InChI is InChI=1S/C17H34O2.C3H8O2/c1-4-5-6-7-8-9-10-11-12-13-14-16(15(2)3)17(18)19;1-3(5)2-4/h15-16H,4-14H2,1-3H3,(H,18,19);3-5H,2H2,1H3. The molecular weight excluding hydrogens is 304 g/mol. The Kier molecular flexibility index (Phi) is 20.0. The molecule has 4 heteroatoms. The molecule has 0 aromatic heterocycles. The molecule has 0 aliphatic rings. The lowest BCUT2D eigenvalue weighted by Gasteiger charge is -2.15. The highest BCUT2D eigenvalue weighted by atomic mass is 16.4. The summed E-state index contributed by atoms with van der Waals surface area (Å²) in [6, 6.07) is 0. The van der Waals surface area contributed by atoms with E-state index in [2.05, 4.69) is 6.92 Å².